The van der Waals surface area contributed by atoms with E-state index in [2.05, 4.69) is 36.3 Å². The van der Waals surface area contributed by atoms with Crippen LogP contribution in [0.2, 0.25) is 0 Å². The summed E-state index contributed by atoms with van der Waals surface area (Å²) in [4.78, 5) is 0. The lowest BCUT2D eigenvalue weighted by Crippen LogP contribution is -2.15. The number of tetrazole rings is 1. The molecule has 1 aromatic heterocycles. The van der Waals surface area contributed by atoms with Crippen molar-refractivity contribution in [2.24, 2.45) is 5.92 Å². The summed E-state index contributed by atoms with van der Waals surface area (Å²) >= 11 is 0. The van der Waals surface area contributed by atoms with E-state index in [4.69, 9.17) is 11.5 Å². The molecule has 2 aromatic rings. The van der Waals surface area contributed by atoms with E-state index in [9.17, 15) is 0 Å². The molecular formula is C12H18N6. The van der Waals surface area contributed by atoms with E-state index < -0.39 is 0 Å². The third-order valence-corrected chi connectivity index (χ3v) is 3.16. The molecule has 1 heterocycles. The minimum Gasteiger partial charge on any atom is -0.399 e. The third-order valence-electron chi connectivity index (χ3n) is 3.16. The quantitative estimate of drug-likeness (QED) is 0.804. The van der Waals surface area contributed by atoms with E-state index in [0.717, 1.165) is 5.56 Å². The number of nitrogens with zero attached hydrogens (tertiary/aromatic N) is 4. The molecule has 0 saturated carbocycles. The van der Waals surface area contributed by atoms with Crippen molar-refractivity contribution in [2.45, 2.75) is 26.8 Å². The Hall–Kier alpha value is -2.11. The van der Waals surface area contributed by atoms with Crippen LogP contribution in [0.25, 0.3) is 11.4 Å². The van der Waals surface area contributed by atoms with Crippen LogP contribution < -0.4 is 11.5 Å². The molecule has 18 heavy (non-hydrogen) atoms. The largest absolute Gasteiger partial charge is 0.399 e. The summed E-state index contributed by atoms with van der Waals surface area (Å²) in [6.45, 7) is 6.34. The SMILES string of the molecule is CC(C)C(C)n1nnnc1-c1ccc(N)cc1N. The van der Waals surface area contributed by atoms with Gasteiger partial charge in [-0.2, -0.15) is 0 Å². The standard InChI is InChI=1S/C12H18N6/c1-7(2)8(3)18-12(15-16-17-18)10-5-4-9(13)6-11(10)14/h4-8H,13-14H2,1-3H3. The van der Waals surface area contributed by atoms with Gasteiger partial charge in [-0.15, -0.1) is 5.10 Å². The molecule has 0 radical (unpaired) electrons. The first-order valence-electron chi connectivity index (χ1n) is 5.94. The van der Waals surface area contributed by atoms with Crippen molar-refractivity contribution in [2.75, 3.05) is 11.5 Å². The van der Waals surface area contributed by atoms with E-state index in [1.165, 1.54) is 0 Å². The van der Waals surface area contributed by atoms with Crippen LogP contribution in [0.15, 0.2) is 18.2 Å². The molecule has 6 heteroatoms. The number of benzene rings is 1. The highest BCUT2D eigenvalue weighted by atomic mass is 15.5. The Labute approximate surface area is 106 Å². The topological polar surface area (TPSA) is 95.6 Å². The fraction of sp³-hybridized carbons (Fsp3) is 0.417. The first-order chi connectivity index (χ1) is 8.50. The number of aromatic nitrogens is 4. The van der Waals surface area contributed by atoms with Crippen LogP contribution in [0.4, 0.5) is 11.4 Å². The van der Waals surface area contributed by atoms with Gasteiger partial charge in [0.15, 0.2) is 5.82 Å². The minimum absolute atomic E-state index is 0.201. The molecule has 0 aliphatic carbocycles. The summed E-state index contributed by atoms with van der Waals surface area (Å²) in [6, 6.07) is 5.56. The molecule has 6 nitrogen and oxygen atoms in total. The highest BCUT2D eigenvalue weighted by Crippen LogP contribution is 2.28. The Balaban J connectivity index is 2.49. The third kappa shape index (κ3) is 2.13. The van der Waals surface area contributed by atoms with E-state index >= 15 is 0 Å². The lowest BCUT2D eigenvalue weighted by atomic mass is 10.1. The van der Waals surface area contributed by atoms with Gasteiger partial charge < -0.3 is 11.5 Å². The van der Waals surface area contributed by atoms with Gasteiger partial charge in [0.25, 0.3) is 0 Å². The first-order valence-corrected chi connectivity index (χ1v) is 5.94. The monoisotopic (exact) mass is 246 g/mol. The van der Waals surface area contributed by atoms with Crippen LogP contribution in [-0.2, 0) is 0 Å². The molecule has 0 aliphatic rings. The molecular weight excluding hydrogens is 228 g/mol. The maximum Gasteiger partial charge on any atom is 0.184 e. The van der Waals surface area contributed by atoms with Crippen LogP contribution in [0.3, 0.4) is 0 Å². The summed E-state index contributed by atoms with van der Waals surface area (Å²) in [5, 5.41) is 11.8. The lowest BCUT2D eigenvalue weighted by Gasteiger charge is -2.17. The first kappa shape index (κ1) is 12.3. The van der Waals surface area contributed by atoms with Gasteiger partial charge in [-0.1, -0.05) is 13.8 Å². The van der Waals surface area contributed by atoms with Gasteiger partial charge in [0.05, 0.1) is 6.04 Å². The Morgan fingerprint density at radius 1 is 1.17 bits per heavy atom. The van der Waals surface area contributed by atoms with Gasteiger partial charge in [-0.05, 0) is 41.5 Å². The van der Waals surface area contributed by atoms with Crippen LogP contribution in [0, 0.1) is 5.92 Å². The Kier molecular flexibility index (Phi) is 3.18. The van der Waals surface area contributed by atoms with Crippen molar-refractivity contribution in [3.8, 4) is 11.4 Å². The maximum absolute atomic E-state index is 5.97. The van der Waals surface area contributed by atoms with Gasteiger partial charge in [-0.3, -0.25) is 0 Å². The summed E-state index contributed by atoms with van der Waals surface area (Å²) in [5.74, 6) is 1.11. The molecule has 4 N–H and O–H groups in total. The highest BCUT2D eigenvalue weighted by Gasteiger charge is 2.18. The predicted octanol–water partition coefficient (Wildman–Crippen LogP) is 1.72. The zero-order chi connectivity index (χ0) is 13.3. The van der Waals surface area contributed by atoms with Crippen LogP contribution >= 0.6 is 0 Å². The van der Waals surface area contributed by atoms with E-state index in [-0.39, 0.29) is 6.04 Å². The van der Waals surface area contributed by atoms with Gasteiger partial charge in [0.1, 0.15) is 0 Å². The Morgan fingerprint density at radius 3 is 2.50 bits per heavy atom. The summed E-state index contributed by atoms with van der Waals surface area (Å²) in [6.07, 6.45) is 0. The Bertz CT molecular complexity index is 545. The molecule has 1 atom stereocenters. The van der Waals surface area contributed by atoms with Crippen LogP contribution in [-0.4, -0.2) is 20.2 Å². The highest BCUT2D eigenvalue weighted by molar-refractivity contribution is 5.74. The minimum atomic E-state index is 0.201. The van der Waals surface area contributed by atoms with Crippen molar-refractivity contribution >= 4 is 11.4 Å². The molecule has 1 unspecified atom stereocenters. The molecule has 0 saturated heterocycles. The molecule has 1 aromatic carbocycles. The van der Waals surface area contributed by atoms with Crippen molar-refractivity contribution < 1.29 is 0 Å². The number of nitrogens with two attached hydrogens (primary N) is 2. The number of nitrogen functional groups attached to an aromatic ring is 2. The molecule has 0 aliphatic heterocycles. The maximum atomic E-state index is 5.97. The molecule has 0 bridgehead atoms. The predicted molar refractivity (Wildman–Crippen MR) is 71.6 cm³/mol. The summed E-state index contributed by atoms with van der Waals surface area (Å²) in [7, 11) is 0. The van der Waals surface area contributed by atoms with Crippen molar-refractivity contribution in [3.05, 3.63) is 18.2 Å². The number of hydrogen-bond acceptors (Lipinski definition) is 5. The van der Waals surface area contributed by atoms with Gasteiger partial charge in [-0.25, -0.2) is 4.68 Å². The summed E-state index contributed by atoms with van der Waals surface area (Å²) < 4.78 is 1.80. The molecule has 96 valence electrons. The molecule has 2 rings (SSSR count). The molecule has 0 amide bonds. The second-order valence-electron chi connectivity index (χ2n) is 4.78. The zero-order valence-electron chi connectivity index (χ0n) is 10.8. The number of anilines is 2. The second kappa shape index (κ2) is 4.64. The van der Waals surface area contributed by atoms with E-state index in [0.29, 0.717) is 23.1 Å². The van der Waals surface area contributed by atoms with Crippen LogP contribution in [0.5, 0.6) is 0 Å². The summed E-state index contributed by atoms with van der Waals surface area (Å²) in [5.41, 5.74) is 13.7. The molecule has 0 spiro atoms. The van der Waals surface area contributed by atoms with Crippen molar-refractivity contribution in [3.63, 3.8) is 0 Å². The van der Waals surface area contributed by atoms with Crippen molar-refractivity contribution in [1.82, 2.24) is 20.2 Å². The number of hydrogen-bond donors (Lipinski definition) is 2. The van der Waals surface area contributed by atoms with Gasteiger partial charge in [0, 0.05) is 16.9 Å². The van der Waals surface area contributed by atoms with Crippen molar-refractivity contribution in [1.29, 1.82) is 0 Å². The average molecular weight is 246 g/mol. The zero-order valence-corrected chi connectivity index (χ0v) is 10.8. The molecule has 0 fully saturated rings. The normalized spacial score (nSPS) is 12.9. The van der Waals surface area contributed by atoms with E-state index in [1.807, 2.05) is 6.07 Å². The number of rotatable bonds is 3. The fourth-order valence-electron chi connectivity index (χ4n) is 1.71. The van der Waals surface area contributed by atoms with Crippen LogP contribution in [0.1, 0.15) is 26.8 Å². The van der Waals surface area contributed by atoms with Gasteiger partial charge in [0.2, 0.25) is 0 Å². The van der Waals surface area contributed by atoms with E-state index in [1.54, 1.807) is 16.8 Å². The Morgan fingerprint density at radius 2 is 1.89 bits per heavy atom. The average Bonchev–Trinajstić information content (AvgIpc) is 2.76. The fourth-order valence-corrected chi connectivity index (χ4v) is 1.71. The second-order valence-corrected chi connectivity index (χ2v) is 4.78. The lowest BCUT2D eigenvalue weighted by molar-refractivity contribution is 0.371. The smallest absolute Gasteiger partial charge is 0.184 e. The van der Waals surface area contributed by atoms with Gasteiger partial charge >= 0.3 is 0 Å².